The molecule has 0 saturated carbocycles. The van der Waals surface area contributed by atoms with Gasteiger partial charge >= 0.3 is 0 Å². The van der Waals surface area contributed by atoms with Crippen molar-refractivity contribution in [3.05, 3.63) is 53.1 Å². The Morgan fingerprint density at radius 1 is 1.35 bits per heavy atom. The molecule has 0 saturated heterocycles. The molecule has 0 bridgehead atoms. The van der Waals surface area contributed by atoms with Gasteiger partial charge in [0.15, 0.2) is 0 Å². The van der Waals surface area contributed by atoms with Crippen molar-refractivity contribution in [3.8, 4) is 0 Å². The summed E-state index contributed by atoms with van der Waals surface area (Å²) in [4.78, 5) is 4.80. The lowest BCUT2D eigenvalue weighted by Gasteiger charge is -2.05. The number of thioether (sulfide) groups is 1. The van der Waals surface area contributed by atoms with Crippen molar-refractivity contribution in [2.24, 2.45) is 0 Å². The Labute approximate surface area is 108 Å². The summed E-state index contributed by atoms with van der Waals surface area (Å²) >= 11 is 7.16. The third-order valence-electron chi connectivity index (χ3n) is 2.21. The summed E-state index contributed by atoms with van der Waals surface area (Å²) < 4.78 is 13.5. The van der Waals surface area contributed by atoms with E-state index >= 15 is 0 Å². The Morgan fingerprint density at radius 2 is 2.18 bits per heavy atom. The molecular weight excluding hydrogens is 259 g/mol. The number of pyridine rings is 1. The molecule has 0 amide bonds. The van der Waals surface area contributed by atoms with Crippen LogP contribution < -0.4 is 5.73 Å². The normalized spacial score (nSPS) is 10.5. The van der Waals surface area contributed by atoms with Crippen LogP contribution in [-0.2, 0) is 5.75 Å². The fourth-order valence-corrected chi connectivity index (χ4v) is 2.40. The van der Waals surface area contributed by atoms with Crippen LogP contribution in [0, 0.1) is 5.82 Å². The van der Waals surface area contributed by atoms with Gasteiger partial charge < -0.3 is 5.73 Å². The van der Waals surface area contributed by atoms with Gasteiger partial charge in [-0.2, -0.15) is 0 Å². The quantitative estimate of drug-likeness (QED) is 0.862. The van der Waals surface area contributed by atoms with Gasteiger partial charge in [-0.25, -0.2) is 4.39 Å². The van der Waals surface area contributed by atoms with E-state index in [-0.39, 0.29) is 5.82 Å². The van der Waals surface area contributed by atoms with Crippen LogP contribution in [0.1, 0.15) is 5.56 Å². The summed E-state index contributed by atoms with van der Waals surface area (Å²) in [7, 11) is 0. The molecule has 2 N–H and O–H groups in total. The monoisotopic (exact) mass is 268 g/mol. The Bertz CT molecular complexity index is 534. The molecule has 0 unspecified atom stereocenters. The van der Waals surface area contributed by atoms with Crippen LogP contribution >= 0.6 is 23.4 Å². The zero-order chi connectivity index (χ0) is 12.3. The Morgan fingerprint density at radius 3 is 2.88 bits per heavy atom. The average Bonchev–Trinajstić information content (AvgIpc) is 2.30. The first kappa shape index (κ1) is 12.2. The molecular formula is C12H10ClFN2S. The van der Waals surface area contributed by atoms with E-state index in [1.807, 2.05) is 6.07 Å². The molecule has 0 spiro atoms. The van der Waals surface area contributed by atoms with Gasteiger partial charge in [-0.3, -0.25) is 4.98 Å². The first-order chi connectivity index (χ1) is 8.16. The molecule has 0 radical (unpaired) electrons. The highest BCUT2D eigenvalue weighted by atomic mass is 35.5. The van der Waals surface area contributed by atoms with Gasteiger partial charge in [0.2, 0.25) is 0 Å². The van der Waals surface area contributed by atoms with Crippen molar-refractivity contribution in [3.63, 3.8) is 0 Å². The van der Waals surface area contributed by atoms with Gasteiger partial charge in [-0.05, 0) is 23.8 Å². The summed E-state index contributed by atoms with van der Waals surface area (Å²) in [5.41, 5.74) is 6.96. The Kier molecular flexibility index (Phi) is 3.86. The van der Waals surface area contributed by atoms with Gasteiger partial charge in [0.05, 0.1) is 11.9 Å². The minimum atomic E-state index is -0.294. The zero-order valence-electron chi connectivity index (χ0n) is 8.86. The van der Waals surface area contributed by atoms with E-state index in [2.05, 4.69) is 4.98 Å². The van der Waals surface area contributed by atoms with E-state index in [1.165, 1.54) is 17.8 Å². The second kappa shape index (κ2) is 5.38. The standard InChI is InChI=1S/C12H10ClFN2S/c13-9-2-1-8(10(14)5-9)7-17-12-3-4-16-6-11(12)15/h1-6H,7,15H2. The number of anilines is 1. The second-order valence-electron chi connectivity index (χ2n) is 3.44. The molecule has 1 aromatic carbocycles. The molecule has 2 nitrogen and oxygen atoms in total. The second-order valence-corrected chi connectivity index (χ2v) is 4.89. The van der Waals surface area contributed by atoms with Crippen molar-refractivity contribution in [1.82, 2.24) is 4.98 Å². The molecule has 88 valence electrons. The summed E-state index contributed by atoms with van der Waals surface area (Å²) in [6.07, 6.45) is 3.25. The summed E-state index contributed by atoms with van der Waals surface area (Å²) in [5, 5.41) is 0.402. The van der Waals surface area contributed by atoms with E-state index in [0.717, 1.165) is 4.90 Å². The molecule has 1 aromatic heterocycles. The Hall–Kier alpha value is -1.26. The van der Waals surface area contributed by atoms with Crippen molar-refractivity contribution in [1.29, 1.82) is 0 Å². The van der Waals surface area contributed by atoms with Crippen LogP contribution in [0.2, 0.25) is 5.02 Å². The molecule has 2 rings (SSSR count). The Balaban J connectivity index is 2.10. The molecule has 5 heteroatoms. The maximum absolute atomic E-state index is 13.5. The van der Waals surface area contributed by atoms with E-state index in [1.54, 1.807) is 24.5 Å². The molecule has 0 atom stereocenters. The van der Waals surface area contributed by atoms with Crippen molar-refractivity contribution in [2.75, 3.05) is 5.73 Å². The number of aromatic nitrogens is 1. The van der Waals surface area contributed by atoms with Crippen LogP contribution in [0.3, 0.4) is 0 Å². The summed E-state index contributed by atoms with van der Waals surface area (Å²) in [6, 6.07) is 6.49. The number of halogens is 2. The number of nitrogens with zero attached hydrogens (tertiary/aromatic N) is 1. The minimum absolute atomic E-state index is 0.294. The first-order valence-corrected chi connectivity index (χ1v) is 6.29. The van der Waals surface area contributed by atoms with Gasteiger partial charge in [0.25, 0.3) is 0 Å². The lowest BCUT2D eigenvalue weighted by atomic mass is 10.2. The van der Waals surface area contributed by atoms with Crippen LogP contribution in [0.5, 0.6) is 0 Å². The van der Waals surface area contributed by atoms with Crippen molar-refractivity contribution < 1.29 is 4.39 Å². The molecule has 2 aromatic rings. The van der Waals surface area contributed by atoms with Crippen LogP contribution in [0.4, 0.5) is 10.1 Å². The highest BCUT2D eigenvalue weighted by Gasteiger charge is 2.05. The smallest absolute Gasteiger partial charge is 0.128 e. The third-order valence-corrected chi connectivity index (χ3v) is 3.58. The molecule has 1 heterocycles. The van der Waals surface area contributed by atoms with Gasteiger partial charge in [0.1, 0.15) is 5.82 Å². The number of hydrogen-bond donors (Lipinski definition) is 1. The van der Waals surface area contributed by atoms with Crippen molar-refractivity contribution in [2.45, 2.75) is 10.6 Å². The van der Waals surface area contributed by atoms with Gasteiger partial charge in [-0.1, -0.05) is 17.7 Å². The molecule has 0 aliphatic heterocycles. The molecule has 0 aliphatic carbocycles. The highest BCUT2D eigenvalue weighted by Crippen LogP contribution is 2.28. The fraction of sp³-hybridized carbons (Fsp3) is 0.0833. The molecule has 0 fully saturated rings. The highest BCUT2D eigenvalue weighted by molar-refractivity contribution is 7.98. The SMILES string of the molecule is Nc1cnccc1SCc1ccc(Cl)cc1F. The fourth-order valence-electron chi connectivity index (χ4n) is 1.32. The summed E-state index contributed by atoms with van der Waals surface area (Å²) in [5.74, 6) is 0.217. The van der Waals surface area contributed by atoms with E-state index in [9.17, 15) is 4.39 Å². The maximum atomic E-state index is 13.5. The van der Waals surface area contributed by atoms with Crippen LogP contribution in [-0.4, -0.2) is 4.98 Å². The number of nitrogens with two attached hydrogens (primary N) is 1. The molecule has 17 heavy (non-hydrogen) atoms. The predicted molar refractivity (Wildman–Crippen MR) is 69.6 cm³/mol. The lowest BCUT2D eigenvalue weighted by molar-refractivity contribution is 0.617. The van der Waals surface area contributed by atoms with Crippen molar-refractivity contribution >= 4 is 29.1 Å². The number of nitrogen functional groups attached to an aromatic ring is 1. The number of benzene rings is 1. The lowest BCUT2D eigenvalue weighted by Crippen LogP contribution is -1.91. The van der Waals surface area contributed by atoms with E-state index < -0.39 is 0 Å². The largest absolute Gasteiger partial charge is 0.397 e. The molecule has 0 aliphatic rings. The van der Waals surface area contributed by atoms with Gasteiger partial charge in [0, 0.05) is 21.9 Å². The van der Waals surface area contributed by atoms with Crippen LogP contribution in [0.25, 0.3) is 0 Å². The predicted octanol–water partition coefficient (Wildman–Crippen LogP) is 3.75. The third kappa shape index (κ3) is 3.11. The van der Waals surface area contributed by atoms with Gasteiger partial charge in [-0.15, -0.1) is 11.8 Å². The van der Waals surface area contributed by atoms with E-state index in [0.29, 0.717) is 22.0 Å². The zero-order valence-corrected chi connectivity index (χ0v) is 10.4. The van der Waals surface area contributed by atoms with Crippen LogP contribution in [0.15, 0.2) is 41.6 Å². The number of hydrogen-bond acceptors (Lipinski definition) is 3. The van der Waals surface area contributed by atoms with E-state index in [4.69, 9.17) is 17.3 Å². The maximum Gasteiger partial charge on any atom is 0.128 e. The topological polar surface area (TPSA) is 38.9 Å². The number of rotatable bonds is 3. The first-order valence-electron chi connectivity index (χ1n) is 4.93. The average molecular weight is 269 g/mol. The summed E-state index contributed by atoms with van der Waals surface area (Å²) in [6.45, 7) is 0. The minimum Gasteiger partial charge on any atom is -0.397 e.